The van der Waals surface area contributed by atoms with Crippen molar-refractivity contribution < 1.29 is 24.2 Å². The normalized spacial score (nSPS) is 16.1. The fraction of sp³-hybridized carbons (Fsp3) is 0.241. The third kappa shape index (κ3) is 5.00. The van der Waals surface area contributed by atoms with Gasteiger partial charge >= 0.3 is 5.97 Å². The van der Waals surface area contributed by atoms with Gasteiger partial charge in [0.25, 0.3) is 11.8 Å². The molecule has 6 rings (SSSR count). The average molecular weight is 526 g/mol. The lowest BCUT2D eigenvalue weighted by atomic mass is 9.99. The molecule has 0 aromatic heterocycles. The van der Waals surface area contributed by atoms with Gasteiger partial charge in [-0.1, -0.05) is 12.1 Å². The highest BCUT2D eigenvalue weighted by atomic mass is 16.5. The maximum absolute atomic E-state index is 13.5. The number of hydrogen-bond donors (Lipinski definition) is 4. The van der Waals surface area contributed by atoms with Crippen LogP contribution < -0.4 is 20.7 Å². The van der Waals surface area contributed by atoms with Crippen molar-refractivity contribution in [2.45, 2.75) is 25.4 Å². The maximum atomic E-state index is 13.5. The van der Waals surface area contributed by atoms with Crippen LogP contribution >= 0.6 is 0 Å². The van der Waals surface area contributed by atoms with E-state index < -0.39 is 12.0 Å². The molecule has 3 aromatic carbocycles. The fourth-order valence-corrected chi connectivity index (χ4v) is 5.17. The summed E-state index contributed by atoms with van der Waals surface area (Å²) in [5.41, 5.74) is 4.81. The minimum Gasteiger partial charge on any atom is -0.493 e. The Balaban J connectivity index is 1.17. The van der Waals surface area contributed by atoms with Crippen LogP contribution in [0.4, 0.5) is 11.4 Å². The molecular weight excluding hydrogens is 498 g/mol. The molecule has 3 heterocycles. The van der Waals surface area contributed by atoms with Crippen molar-refractivity contribution in [2.24, 2.45) is 4.99 Å². The highest BCUT2D eigenvalue weighted by molar-refractivity contribution is 6.06. The molecule has 0 aliphatic carbocycles. The maximum Gasteiger partial charge on any atom is 0.305 e. The Morgan fingerprint density at radius 1 is 1.05 bits per heavy atom. The summed E-state index contributed by atoms with van der Waals surface area (Å²) >= 11 is 0. The molecule has 198 valence electrons. The van der Waals surface area contributed by atoms with Crippen LogP contribution in [-0.2, 0) is 17.8 Å². The van der Waals surface area contributed by atoms with Gasteiger partial charge in [-0.05, 0) is 65.2 Å². The number of aliphatic imine (C=N–C) groups is 1. The molecule has 0 bridgehead atoms. The Labute approximate surface area is 224 Å². The van der Waals surface area contributed by atoms with Gasteiger partial charge in [-0.3, -0.25) is 19.4 Å². The van der Waals surface area contributed by atoms with Crippen LogP contribution in [0.2, 0.25) is 0 Å². The third-order valence-corrected chi connectivity index (χ3v) is 7.13. The number of benzene rings is 3. The topological polar surface area (TPSA) is 132 Å². The summed E-state index contributed by atoms with van der Waals surface area (Å²) in [6.07, 6.45) is 0.545. The van der Waals surface area contributed by atoms with Gasteiger partial charge in [-0.25, -0.2) is 0 Å². The van der Waals surface area contributed by atoms with Gasteiger partial charge in [0.1, 0.15) is 5.75 Å². The van der Waals surface area contributed by atoms with Gasteiger partial charge in [-0.15, -0.1) is 0 Å². The first kappa shape index (κ1) is 24.5. The molecule has 3 aromatic rings. The number of fused-ring (bicyclic) bond motifs is 2. The first-order valence-corrected chi connectivity index (χ1v) is 12.8. The number of amides is 2. The molecule has 2 amide bonds. The van der Waals surface area contributed by atoms with E-state index in [4.69, 9.17) is 4.74 Å². The molecule has 3 aliphatic heterocycles. The molecule has 4 N–H and O–H groups in total. The van der Waals surface area contributed by atoms with Gasteiger partial charge < -0.3 is 30.7 Å². The highest BCUT2D eigenvalue weighted by Gasteiger charge is 2.35. The Morgan fingerprint density at radius 2 is 1.87 bits per heavy atom. The van der Waals surface area contributed by atoms with Crippen molar-refractivity contribution in [1.82, 2.24) is 10.2 Å². The number of ether oxygens (including phenoxy) is 1. The van der Waals surface area contributed by atoms with Crippen molar-refractivity contribution in [2.75, 3.05) is 30.3 Å². The summed E-state index contributed by atoms with van der Waals surface area (Å²) < 4.78 is 5.58. The summed E-state index contributed by atoms with van der Waals surface area (Å²) in [5, 5.41) is 18.8. The number of carboxylic acids is 1. The van der Waals surface area contributed by atoms with Crippen LogP contribution in [0.15, 0.2) is 65.7 Å². The zero-order valence-electron chi connectivity index (χ0n) is 21.1. The molecule has 0 saturated carbocycles. The Kier molecular flexibility index (Phi) is 6.36. The van der Waals surface area contributed by atoms with E-state index in [1.807, 2.05) is 18.2 Å². The SMILES string of the molecule is O=C(O)CC(c1ccc2c(c1)CCO2)N1Cc2ccc(NC(=O)c3ccc(NC4=NCCN4)cc3)cc2C1=O. The first-order chi connectivity index (χ1) is 18.9. The number of nitrogens with zero attached hydrogens (tertiary/aromatic N) is 2. The van der Waals surface area contributed by atoms with Crippen molar-refractivity contribution in [3.8, 4) is 5.75 Å². The van der Waals surface area contributed by atoms with Gasteiger partial charge in [-0.2, -0.15) is 0 Å². The number of anilines is 2. The van der Waals surface area contributed by atoms with Crippen LogP contribution in [0.25, 0.3) is 0 Å². The first-order valence-electron chi connectivity index (χ1n) is 12.8. The third-order valence-electron chi connectivity index (χ3n) is 7.13. The van der Waals surface area contributed by atoms with Crippen LogP contribution in [0.3, 0.4) is 0 Å². The summed E-state index contributed by atoms with van der Waals surface area (Å²) in [4.78, 5) is 44.0. The standard InChI is InChI=1S/C29H27N5O5/c35-26(36)15-24(18-4-8-25-19(13-18)9-12-39-25)34-16-20-3-7-22(14-23(20)28(34)38)32-27(37)17-1-5-21(6-2-17)33-29-30-10-11-31-29/h1-8,13-14,24H,9-12,15-16H2,(H,32,37)(H,35,36)(H2,30,31,33). The molecule has 1 unspecified atom stereocenters. The minimum atomic E-state index is -0.984. The van der Waals surface area contributed by atoms with Crippen LogP contribution in [0, 0.1) is 0 Å². The second kappa shape index (κ2) is 10.1. The molecule has 10 nitrogen and oxygen atoms in total. The van der Waals surface area contributed by atoms with Crippen molar-refractivity contribution in [3.63, 3.8) is 0 Å². The molecule has 1 atom stereocenters. The number of rotatable bonds is 7. The van der Waals surface area contributed by atoms with Gasteiger partial charge in [0, 0.05) is 42.0 Å². The van der Waals surface area contributed by atoms with Crippen LogP contribution in [0.1, 0.15) is 49.9 Å². The number of carbonyl (C=O) groups is 3. The number of carboxylic acid groups (broad SMARTS) is 1. The monoisotopic (exact) mass is 525 g/mol. The second-order valence-electron chi connectivity index (χ2n) is 9.70. The van der Waals surface area contributed by atoms with Crippen molar-refractivity contribution in [1.29, 1.82) is 0 Å². The molecule has 0 spiro atoms. The van der Waals surface area contributed by atoms with Crippen LogP contribution in [0.5, 0.6) is 5.75 Å². The average Bonchev–Trinajstić information content (AvgIpc) is 3.68. The number of nitrogens with one attached hydrogen (secondary N) is 3. The minimum absolute atomic E-state index is 0.211. The lowest BCUT2D eigenvalue weighted by molar-refractivity contribution is -0.138. The lowest BCUT2D eigenvalue weighted by Gasteiger charge is -2.27. The van der Waals surface area contributed by atoms with Gasteiger partial charge in [0.05, 0.1) is 25.6 Å². The van der Waals surface area contributed by atoms with E-state index >= 15 is 0 Å². The summed E-state index contributed by atoms with van der Waals surface area (Å²) in [6, 6.07) is 17.2. The number of aliphatic carboxylic acids is 1. The van der Waals surface area contributed by atoms with Gasteiger partial charge in [0.2, 0.25) is 0 Å². The zero-order chi connectivity index (χ0) is 26.9. The fourth-order valence-electron chi connectivity index (χ4n) is 5.17. The van der Waals surface area contributed by atoms with E-state index in [0.29, 0.717) is 35.9 Å². The van der Waals surface area contributed by atoms with Gasteiger partial charge in [0.15, 0.2) is 5.96 Å². The van der Waals surface area contributed by atoms with E-state index in [2.05, 4.69) is 20.9 Å². The number of hydrogen-bond acceptors (Lipinski definition) is 7. The summed E-state index contributed by atoms with van der Waals surface area (Å²) in [6.45, 7) is 2.42. The number of guanidine groups is 1. The molecule has 0 fully saturated rings. The van der Waals surface area contributed by atoms with E-state index in [0.717, 1.165) is 47.6 Å². The summed E-state index contributed by atoms with van der Waals surface area (Å²) in [5.74, 6) is -0.0374. The molecular formula is C29H27N5O5. The predicted molar refractivity (Wildman–Crippen MR) is 145 cm³/mol. The quantitative estimate of drug-likeness (QED) is 0.372. The molecule has 10 heteroatoms. The van der Waals surface area contributed by atoms with Crippen molar-refractivity contribution in [3.05, 3.63) is 88.5 Å². The smallest absolute Gasteiger partial charge is 0.305 e. The number of carbonyl (C=O) groups excluding carboxylic acids is 2. The van der Waals surface area contributed by atoms with Crippen LogP contribution in [-0.4, -0.2) is 53.4 Å². The molecule has 0 saturated heterocycles. The second-order valence-corrected chi connectivity index (χ2v) is 9.70. The van der Waals surface area contributed by atoms with E-state index in [-0.39, 0.29) is 18.2 Å². The Morgan fingerprint density at radius 3 is 2.64 bits per heavy atom. The lowest BCUT2D eigenvalue weighted by Crippen LogP contribution is -2.31. The highest BCUT2D eigenvalue weighted by Crippen LogP contribution is 2.37. The molecule has 3 aliphatic rings. The largest absolute Gasteiger partial charge is 0.493 e. The summed E-state index contributed by atoms with van der Waals surface area (Å²) in [7, 11) is 0. The van der Waals surface area contributed by atoms with E-state index in [1.54, 1.807) is 47.4 Å². The Hall–Kier alpha value is -4.86. The molecule has 39 heavy (non-hydrogen) atoms. The molecule has 0 radical (unpaired) electrons. The van der Waals surface area contributed by atoms with E-state index in [9.17, 15) is 19.5 Å². The predicted octanol–water partition coefficient (Wildman–Crippen LogP) is 3.42. The Bertz CT molecular complexity index is 1500. The zero-order valence-corrected chi connectivity index (χ0v) is 21.1. The van der Waals surface area contributed by atoms with Crippen molar-refractivity contribution >= 4 is 35.1 Å². The van der Waals surface area contributed by atoms with E-state index in [1.165, 1.54) is 0 Å².